The molecule has 3 aromatic rings. The van der Waals surface area contributed by atoms with Gasteiger partial charge in [-0.3, -0.25) is 9.59 Å². The molecule has 0 aliphatic carbocycles. The van der Waals surface area contributed by atoms with Crippen molar-refractivity contribution in [2.75, 3.05) is 5.32 Å². The summed E-state index contributed by atoms with van der Waals surface area (Å²) >= 11 is 0. The minimum atomic E-state index is -0.367. The van der Waals surface area contributed by atoms with Crippen LogP contribution in [0.3, 0.4) is 0 Å². The molecule has 3 heteroatoms. The van der Waals surface area contributed by atoms with Gasteiger partial charge in [0.05, 0.1) is 5.92 Å². The van der Waals surface area contributed by atoms with Gasteiger partial charge in [0, 0.05) is 16.8 Å². The van der Waals surface area contributed by atoms with Crippen LogP contribution in [-0.2, 0) is 4.79 Å². The average Bonchev–Trinajstić information content (AvgIpc) is 2.71. The van der Waals surface area contributed by atoms with Gasteiger partial charge in [0.1, 0.15) is 0 Å². The van der Waals surface area contributed by atoms with Crippen LogP contribution in [0.4, 0.5) is 5.69 Å². The van der Waals surface area contributed by atoms with Crippen molar-refractivity contribution in [2.24, 2.45) is 0 Å². The maximum absolute atomic E-state index is 12.7. The summed E-state index contributed by atoms with van der Waals surface area (Å²) in [5.74, 6) is -0.499. The first-order valence-corrected chi connectivity index (χ1v) is 9.04. The third-order valence-corrected chi connectivity index (χ3v) is 4.94. The minimum Gasteiger partial charge on any atom is -0.325 e. The van der Waals surface area contributed by atoms with E-state index in [-0.39, 0.29) is 17.6 Å². The van der Waals surface area contributed by atoms with Crippen molar-refractivity contribution >= 4 is 17.4 Å². The number of hydrogen-bond acceptors (Lipinski definition) is 2. The largest absolute Gasteiger partial charge is 0.325 e. The van der Waals surface area contributed by atoms with Gasteiger partial charge >= 0.3 is 0 Å². The van der Waals surface area contributed by atoms with Gasteiger partial charge in [-0.25, -0.2) is 0 Å². The third-order valence-electron chi connectivity index (χ3n) is 4.94. The van der Waals surface area contributed by atoms with Crippen LogP contribution < -0.4 is 5.32 Å². The average molecular weight is 357 g/mol. The van der Waals surface area contributed by atoms with E-state index in [4.69, 9.17) is 0 Å². The van der Waals surface area contributed by atoms with E-state index in [1.807, 2.05) is 75.4 Å². The molecule has 0 radical (unpaired) electrons. The first-order valence-electron chi connectivity index (χ1n) is 9.04. The second-order valence-corrected chi connectivity index (χ2v) is 6.78. The van der Waals surface area contributed by atoms with E-state index in [9.17, 15) is 9.59 Å². The molecule has 0 aliphatic heterocycles. The molecular formula is C24H23NO2. The van der Waals surface area contributed by atoms with Crippen LogP contribution in [-0.4, -0.2) is 11.7 Å². The molecule has 136 valence electrons. The van der Waals surface area contributed by atoms with Gasteiger partial charge < -0.3 is 5.32 Å². The van der Waals surface area contributed by atoms with Crippen molar-refractivity contribution < 1.29 is 9.59 Å². The second kappa shape index (κ2) is 8.00. The molecule has 1 atom stereocenters. The Balaban J connectivity index is 1.81. The van der Waals surface area contributed by atoms with E-state index in [1.54, 1.807) is 18.2 Å². The molecule has 0 saturated carbocycles. The summed E-state index contributed by atoms with van der Waals surface area (Å²) in [7, 11) is 0. The molecule has 3 nitrogen and oxygen atoms in total. The molecule has 3 rings (SSSR count). The van der Waals surface area contributed by atoms with E-state index < -0.39 is 0 Å². The highest BCUT2D eigenvalue weighted by atomic mass is 16.2. The van der Waals surface area contributed by atoms with Gasteiger partial charge in [0.15, 0.2) is 5.78 Å². The number of rotatable bonds is 5. The summed E-state index contributed by atoms with van der Waals surface area (Å²) in [6.07, 6.45) is 0. The van der Waals surface area contributed by atoms with E-state index in [1.165, 1.54) is 0 Å². The summed E-state index contributed by atoms with van der Waals surface area (Å²) in [6.45, 7) is 5.87. The molecule has 0 aliphatic rings. The third kappa shape index (κ3) is 4.14. The zero-order valence-corrected chi connectivity index (χ0v) is 15.8. The standard InChI is InChI=1S/C24H23NO2/c1-16-9-7-14-22(17(16)2)25-24(27)18(3)20-12-8-13-21(15-20)23(26)19-10-5-4-6-11-19/h4-15,18H,1-3H3,(H,25,27)/t18-/m1/s1. The highest BCUT2D eigenvalue weighted by Crippen LogP contribution is 2.23. The van der Waals surface area contributed by atoms with Gasteiger partial charge in [0.25, 0.3) is 0 Å². The van der Waals surface area contributed by atoms with Crippen LogP contribution in [0.1, 0.15) is 45.5 Å². The number of nitrogens with one attached hydrogen (secondary N) is 1. The Morgan fingerprint density at radius 2 is 1.48 bits per heavy atom. The number of amides is 1. The van der Waals surface area contributed by atoms with Crippen LogP contribution in [0.25, 0.3) is 0 Å². The zero-order chi connectivity index (χ0) is 19.4. The minimum absolute atomic E-state index is 0.0420. The molecule has 3 aromatic carbocycles. The Kier molecular flexibility index (Phi) is 5.51. The fraction of sp³-hybridized carbons (Fsp3) is 0.167. The van der Waals surface area contributed by atoms with Crippen molar-refractivity contribution in [1.82, 2.24) is 0 Å². The molecular weight excluding hydrogens is 334 g/mol. The molecule has 0 aromatic heterocycles. The number of hydrogen-bond donors (Lipinski definition) is 1. The van der Waals surface area contributed by atoms with Crippen molar-refractivity contribution in [2.45, 2.75) is 26.7 Å². The lowest BCUT2D eigenvalue weighted by molar-refractivity contribution is -0.117. The predicted octanol–water partition coefficient (Wildman–Crippen LogP) is 5.28. The van der Waals surface area contributed by atoms with Gasteiger partial charge in [0.2, 0.25) is 5.91 Å². The summed E-state index contributed by atoms with van der Waals surface area (Å²) < 4.78 is 0. The van der Waals surface area contributed by atoms with Crippen molar-refractivity contribution in [1.29, 1.82) is 0 Å². The van der Waals surface area contributed by atoms with Crippen molar-refractivity contribution in [3.8, 4) is 0 Å². The Morgan fingerprint density at radius 3 is 2.22 bits per heavy atom. The van der Waals surface area contributed by atoms with E-state index in [0.717, 1.165) is 22.4 Å². The summed E-state index contributed by atoms with van der Waals surface area (Å²) in [6, 6.07) is 22.3. The molecule has 0 unspecified atom stereocenters. The van der Waals surface area contributed by atoms with Crippen LogP contribution in [0.15, 0.2) is 72.8 Å². The van der Waals surface area contributed by atoms with Gasteiger partial charge in [-0.15, -0.1) is 0 Å². The quantitative estimate of drug-likeness (QED) is 0.632. The predicted molar refractivity (Wildman–Crippen MR) is 109 cm³/mol. The SMILES string of the molecule is Cc1cccc(NC(=O)[C@H](C)c2cccc(C(=O)c3ccccc3)c2)c1C. The van der Waals surface area contributed by atoms with E-state index in [2.05, 4.69) is 5.32 Å². The van der Waals surface area contributed by atoms with Crippen molar-refractivity contribution in [3.63, 3.8) is 0 Å². The van der Waals surface area contributed by atoms with Crippen molar-refractivity contribution in [3.05, 3.63) is 101 Å². The van der Waals surface area contributed by atoms with E-state index >= 15 is 0 Å². The fourth-order valence-electron chi connectivity index (χ4n) is 2.98. The zero-order valence-electron chi connectivity index (χ0n) is 15.8. The maximum Gasteiger partial charge on any atom is 0.231 e. The topological polar surface area (TPSA) is 46.2 Å². The first kappa shape index (κ1) is 18.6. The Hall–Kier alpha value is -3.20. The number of benzene rings is 3. The molecule has 0 fully saturated rings. The Morgan fingerprint density at radius 1 is 0.815 bits per heavy atom. The second-order valence-electron chi connectivity index (χ2n) is 6.78. The number of ketones is 1. The van der Waals surface area contributed by atoms with Crippen LogP contribution in [0, 0.1) is 13.8 Å². The smallest absolute Gasteiger partial charge is 0.231 e. The molecule has 0 saturated heterocycles. The monoisotopic (exact) mass is 357 g/mol. The highest BCUT2D eigenvalue weighted by molar-refractivity contribution is 6.09. The number of carbonyl (C=O) groups excluding carboxylic acids is 2. The lowest BCUT2D eigenvalue weighted by atomic mass is 9.95. The highest BCUT2D eigenvalue weighted by Gasteiger charge is 2.18. The number of aryl methyl sites for hydroxylation is 1. The van der Waals surface area contributed by atoms with Crippen LogP contribution in [0.2, 0.25) is 0 Å². The number of anilines is 1. The normalized spacial score (nSPS) is 11.7. The lowest BCUT2D eigenvalue weighted by Gasteiger charge is -2.15. The molecule has 27 heavy (non-hydrogen) atoms. The van der Waals surface area contributed by atoms with E-state index in [0.29, 0.717) is 11.1 Å². The molecule has 0 bridgehead atoms. The Bertz CT molecular complexity index is 977. The number of carbonyl (C=O) groups is 2. The maximum atomic E-state index is 12.7. The fourth-order valence-corrected chi connectivity index (χ4v) is 2.98. The van der Waals surface area contributed by atoms with Crippen LogP contribution in [0.5, 0.6) is 0 Å². The van der Waals surface area contributed by atoms with Gasteiger partial charge in [-0.05, 0) is 49.6 Å². The van der Waals surface area contributed by atoms with Crippen LogP contribution >= 0.6 is 0 Å². The molecule has 1 amide bonds. The van der Waals surface area contributed by atoms with Gasteiger partial charge in [-0.1, -0.05) is 60.7 Å². The molecule has 0 spiro atoms. The Labute approximate surface area is 160 Å². The summed E-state index contributed by atoms with van der Waals surface area (Å²) in [5, 5.41) is 3.01. The lowest BCUT2D eigenvalue weighted by Crippen LogP contribution is -2.20. The molecule has 0 heterocycles. The molecule has 1 N–H and O–H groups in total. The first-order chi connectivity index (χ1) is 13.0. The summed E-state index contributed by atoms with van der Waals surface area (Å²) in [5.41, 5.74) is 5.07. The van der Waals surface area contributed by atoms with Gasteiger partial charge in [-0.2, -0.15) is 0 Å². The summed E-state index contributed by atoms with van der Waals surface area (Å²) in [4.78, 5) is 25.4.